The summed E-state index contributed by atoms with van der Waals surface area (Å²) in [7, 11) is 0. The second-order valence-electron chi connectivity index (χ2n) is 3.12. The predicted octanol–water partition coefficient (Wildman–Crippen LogP) is 2.78. The van der Waals surface area contributed by atoms with Gasteiger partial charge < -0.3 is 0 Å². The fraction of sp³-hybridized carbons (Fsp3) is 0.100. The molecule has 16 heavy (non-hydrogen) atoms. The Morgan fingerprint density at radius 2 is 1.75 bits per heavy atom. The Kier molecular flexibility index (Phi) is 2.55. The minimum absolute atomic E-state index is 0.666. The van der Waals surface area contributed by atoms with Crippen LogP contribution in [0.15, 0.2) is 42.6 Å². The Labute approximate surface area is 89.5 Å². The molecule has 0 bridgehead atoms. The van der Waals surface area contributed by atoms with Gasteiger partial charge in [0, 0.05) is 6.20 Å². The van der Waals surface area contributed by atoms with Crippen molar-refractivity contribution in [3.63, 3.8) is 0 Å². The Morgan fingerprint density at radius 1 is 1.06 bits per heavy atom. The number of halogens is 3. The van der Waals surface area contributed by atoms with Crippen LogP contribution in [0.1, 0.15) is 5.69 Å². The maximum atomic E-state index is 12.2. The molecule has 6 heteroatoms. The molecule has 0 aliphatic heterocycles. The molecule has 0 amide bonds. The highest BCUT2D eigenvalue weighted by Crippen LogP contribution is 2.27. The number of aromatic nitrogens is 2. The van der Waals surface area contributed by atoms with Crippen molar-refractivity contribution in [3.8, 4) is 0 Å². The van der Waals surface area contributed by atoms with E-state index in [1.54, 1.807) is 24.3 Å². The number of nitrogens with one attached hydrogen (secondary N) is 1. The van der Waals surface area contributed by atoms with Crippen molar-refractivity contribution in [3.05, 3.63) is 48.3 Å². The summed E-state index contributed by atoms with van der Waals surface area (Å²) < 4.78 is 36.7. The molecule has 0 aliphatic rings. The lowest BCUT2D eigenvalue weighted by molar-refractivity contribution is -0.141. The normalized spacial score (nSPS) is 11.4. The van der Waals surface area contributed by atoms with E-state index in [9.17, 15) is 13.2 Å². The van der Waals surface area contributed by atoms with Crippen molar-refractivity contribution in [2.24, 2.45) is 0 Å². The van der Waals surface area contributed by atoms with Crippen molar-refractivity contribution in [2.45, 2.75) is 6.18 Å². The van der Waals surface area contributed by atoms with Crippen LogP contribution in [0.4, 0.5) is 18.9 Å². The van der Waals surface area contributed by atoms with Crippen molar-refractivity contribution in [1.82, 2.24) is 9.89 Å². The highest BCUT2D eigenvalue weighted by atomic mass is 19.4. The van der Waals surface area contributed by atoms with Crippen LogP contribution >= 0.6 is 0 Å². The number of nitrogens with zero attached hydrogens (tertiary/aromatic N) is 2. The van der Waals surface area contributed by atoms with E-state index in [1.165, 1.54) is 6.20 Å². The van der Waals surface area contributed by atoms with Crippen LogP contribution in [0.25, 0.3) is 0 Å². The standard InChI is InChI=1S/C10H8F3N3/c11-10(12,13)9-6-7-16(15-9)14-8-4-2-1-3-5-8/h1-7,14H. The molecule has 1 heterocycles. The fourth-order valence-corrected chi connectivity index (χ4v) is 1.18. The van der Waals surface area contributed by atoms with Crippen LogP contribution in [-0.2, 0) is 6.18 Å². The Bertz CT molecular complexity index is 462. The largest absolute Gasteiger partial charge is 0.435 e. The first kappa shape index (κ1) is 10.5. The van der Waals surface area contributed by atoms with Gasteiger partial charge in [0.2, 0.25) is 0 Å². The van der Waals surface area contributed by atoms with Crippen LogP contribution in [0.5, 0.6) is 0 Å². The number of rotatable bonds is 2. The van der Waals surface area contributed by atoms with Crippen molar-refractivity contribution in [2.75, 3.05) is 5.43 Å². The minimum atomic E-state index is -4.41. The van der Waals surface area contributed by atoms with Crippen molar-refractivity contribution < 1.29 is 13.2 Å². The quantitative estimate of drug-likeness (QED) is 0.854. The summed E-state index contributed by atoms with van der Waals surface area (Å²) in [4.78, 5) is 1.03. The van der Waals surface area contributed by atoms with Gasteiger partial charge in [0.05, 0.1) is 5.69 Å². The third-order valence-electron chi connectivity index (χ3n) is 1.90. The zero-order valence-corrected chi connectivity index (χ0v) is 8.07. The summed E-state index contributed by atoms with van der Waals surface area (Å²) in [5.74, 6) is 0. The first-order valence-corrected chi connectivity index (χ1v) is 4.51. The third-order valence-corrected chi connectivity index (χ3v) is 1.90. The molecule has 0 radical (unpaired) electrons. The monoisotopic (exact) mass is 227 g/mol. The van der Waals surface area contributed by atoms with Crippen LogP contribution < -0.4 is 5.43 Å². The van der Waals surface area contributed by atoms with E-state index in [1.807, 2.05) is 6.07 Å². The number of anilines is 1. The summed E-state index contributed by atoms with van der Waals surface area (Å²) in [6.07, 6.45) is -3.19. The SMILES string of the molecule is FC(F)(F)c1ccn(Nc2ccccc2)n1. The van der Waals surface area contributed by atoms with E-state index in [0.717, 1.165) is 10.9 Å². The van der Waals surface area contributed by atoms with Gasteiger partial charge in [-0.1, -0.05) is 18.2 Å². The highest BCUT2D eigenvalue weighted by Gasteiger charge is 2.33. The number of para-hydroxylation sites is 1. The Hall–Kier alpha value is -1.98. The van der Waals surface area contributed by atoms with E-state index in [-0.39, 0.29) is 0 Å². The van der Waals surface area contributed by atoms with E-state index >= 15 is 0 Å². The lowest BCUT2D eigenvalue weighted by Gasteiger charge is -2.05. The van der Waals surface area contributed by atoms with Gasteiger partial charge in [0.15, 0.2) is 5.69 Å². The molecule has 2 aromatic rings. The fourth-order valence-electron chi connectivity index (χ4n) is 1.18. The summed E-state index contributed by atoms with van der Waals surface area (Å²) in [5, 5.41) is 3.36. The Balaban J connectivity index is 2.15. The number of benzene rings is 1. The number of hydrogen-bond donors (Lipinski definition) is 1. The molecule has 0 atom stereocenters. The van der Waals surface area contributed by atoms with Gasteiger partial charge in [0.1, 0.15) is 0 Å². The molecule has 1 aromatic carbocycles. The van der Waals surface area contributed by atoms with Crippen molar-refractivity contribution in [1.29, 1.82) is 0 Å². The molecular weight excluding hydrogens is 219 g/mol. The predicted molar refractivity (Wildman–Crippen MR) is 52.7 cm³/mol. The van der Waals surface area contributed by atoms with Gasteiger partial charge in [0.25, 0.3) is 0 Å². The molecule has 0 fully saturated rings. The molecule has 0 spiro atoms. The zero-order valence-electron chi connectivity index (χ0n) is 8.07. The van der Waals surface area contributed by atoms with Gasteiger partial charge in [-0.2, -0.15) is 18.0 Å². The van der Waals surface area contributed by atoms with E-state index in [0.29, 0.717) is 5.69 Å². The molecule has 0 saturated carbocycles. The molecular formula is C10H8F3N3. The average Bonchev–Trinajstić information content (AvgIpc) is 2.67. The average molecular weight is 227 g/mol. The molecule has 0 saturated heterocycles. The van der Waals surface area contributed by atoms with E-state index < -0.39 is 11.9 Å². The second-order valence-corrected chi connectivity index (χ2v) is 3.12. The van der Waals surface area contributed by atoms with E-state index in [2.05, 4.69) is 10.5 Å². The lowest BCUT2D eigenvalue weighted by atomic mass is 10.3. The van der Waals surface area contributed by atoms with E-state index in [4.69, 9.17) is 0 Å². The smallest absolute Gasteiger partial charge is 0.278 e. The molecule has 3 nitrogen and oxygen atoms in total. The van der Waals surface area contributed by atoms with Gasteiger partial charge >= 0.3 is 6.18 Å². The van der Waals surface area contributed by atoms with Crippen molar-refractivity contribution >= 4 is 5.69 Å². The third kappa shape index (κ3) is 2.33. The molecule has 84 valence electrons. The first-order valence-electron chi connectivity index (χ1n) is 4.51. The molecule has 2 rings (SSSR count). The summed E-state index contributed by atoms with van der Waals surface area (Å²) in [6.45, 7) is 0. The minimum Gasteiger partial charge on any atom is -0.278 e. The maximum absolute atomic E-state index is 12.2. The van der Waals surface area contributed by atoms with Crippen LogP contribution in [0.2, 0.25) is 0 Å². The molecule has 0 unspecified atom stereocenters. The highest BCUT2D eigenvalue weighted by molar-refractivity contribution is 5.41. The molecule has 1 N–H and O–H groups in total. The number of alkyl halides is 3. The van der Waals surface area contributed by atoms with Gasteiger partial charge in [-0.3, -0.25) is 5.43 Å². The van der Waals surface area contributed by atoms with Crippen LogP contribution in [0, 0.1) is 0 Å². The molecule has 0 aliphatic carbocycles. The second kappa shape index (κ2) is 3.88. The number of hydrogen-bond acceptors (Lipinski definition) is 2. The van der Waals surface area contributed by atoms with Gasteiger partial charge in [-0.25, -0.2) is 0 Å². The summed E-state index contributed by atoms with van der Waals surface area (Å²) >= 11 is 0. The summed E-state index contributed by atoms with van der Waals surface area (Å²) in [6, 6.07) is 9.74. The molecule has 1 aromatic heterocycles. The maximum Gasteiger partial charge on any atom is 0.435 e. The van der Waals surface area contributed by atoms with Crippen LogP contribution in [0.3, 0.4) is 0 Å². The zero-order chi connectivity index (χ0) is 11.6. The first-order chi connectivity index (χ1) is 7.55. The lowest BCUT2D eigenvalue weighted by Crippen LogP contribution is -2.12. The van der Waals surface area contributed by atoms with Crippen LogP contribution in [-0.4, -0.2) is 9.89 Å². The van der Waals surface area contributed by atoms with Gasteiger partial charge in [-0.05, 0) is 18.2 Å². The summed E-state index contributed by atoms with van der Waals surface area (Å²) in [5.41, 5.74) is 2.45. The topological polar surface area (TPSA) is 29.9 Å². The van der Waals surface area contributed by atoms with Gasteiger partial charge in [-0.15, -0.1) is 5.10 Å². The Morgan fingerprint density at radius 3 is 2.31 bits per heavy atom.